The van der Waals surface area contributed by atoms with Gasteiger partial charge in [0.15, 0.2) is 0 Å². The number of carbonyl (C=O) groups excluding carboxylic acids is 1. The molecule has 0 aliphatic heterocycles. The van der Waals surface area contributed by atoms with Crippen molar-refractivity contribution in [2.24, 2.45) is 10.2 Å². The van der Waals surface area contributed by atoms with Crippen LogP contribution in [-0.4, -0.2) is 48.4 Å². The van der Waals surface area contributed by atoms with Crippen LogP contribution in [0.2, 0.25) is 0 Å². The largest absolute Gasteiger partial charge is 0.398 e. The van der Waals surface area contributed by atoms with Crippen molar-refractivity contribution >= 4 is 79.1 Å². The summed E-state index contributed by atoms with van der Waals surface area (Å²) in [6.45, 7) is 1.42. The minimum atomic E-state index is -4.35. The summed E-state index contributed by atoms with van der Waals surface area (Å²) in [5.74, 6) is -0.174. The molecule has 0 aromatic heterocycles. The number of anilines is 2. The smallest absolute Gasteiger partial charge is 0.294 e. The summed E-state index contributed by atoms with van der Waals surface area (Å²) < 4.78 is 32.1. The van der Waals surface area contributed by atoms with E-state index in [9.17, 15) is 17.8 Å². The van der Waals surface area contributed by atoms with Crippen LogP contribution in [-0.2, 0) is 14.9 Å². The van der Waals surface area contributed by atoms with Gasteiger partial charge in [0, 0.05) is 58.6 Å². The number of nitrogens with one attached hydrogen (secondary N) is 1. The molecule has 0 aliphatic carbocycles. The van der Waals surface area contributed by atoms with E-state index in [1.54, 1.807) is 36.4 Å². The van der Waals surface area contributed by atoms with Gasteiger partial charge < -0.3 is 11.1 Å². The Morgan fingerprint density at radius 3 is 2.29 bits per heavy atom. The van der Waals surface area contributed by atoms with Gasteiger partial charge in [-0.25, -0.2) is 0 Å². The third-order valence-corrected chi connectivity index (χ3v) is 4.61. The van der Waals surface area contributed by atoms with Gasteiger partial charge in [0.05, 0.1) is 16.3 Å². The van der Waals surface area contributed by atoms with E-state index in [0.29, 0.717) is 33.5 Å². The Labute approximate surface area is 183 Å². The molecule has 0 bridgehead atoms. The van der Waals surface area contributed by atoms with Crippen LogP contribution in [0.1, 0.15) is 6.92 Å². The number of hydrogen-bond donors (Lipinski definition) is 3. The fourth-order valence-electron chi connectivity index (χ4n) is 2.51. The molecule has 3 rings (SSSR count). The summed E-state index contributed by atoms with van der Waals surface area (Å²) in [5, 5.41) is 12.0. The predicted octanol–water partition coefficient (Wildman–Crippen LogP) is 3.66. The van der Waals surface area contributed by atoms with E-state index in [0.717, 1.165) is 0 Å². The second-order valence-corrected chi connectivity index (χ2v) is 7.21. The molecular weight excluding hydrogens is 391 g/mol. The molecule has 0 unspecified atom stereocenters. The molecule has 3 aromatic carbocycles. The van der Waals surface area contributed by atoms with Gasteiger partial charge in [0.25, 0.3) is 10.1 Å². The van der Waals surface area contributed by atoms with E-state index in [1.807, 2.05) is 0 Å². The third kappa shape index (κ3) is 5.15. The van der Waals surface area contributed by atoms with Crippen molar-refractivity contribution in [3.05, 3.63) is 54.6 Å². The zero-order valence-electron chi connectivity index (χ0n) is 15.2. The molecule has 3 aromatic rings. The molecule has 0 heterocycles. The molecular formula is C18H16N4NaO4S. The molecule has 0 spiro atoms. The molecule has 1 radical (unpaired) electrons. The third-order valence-electron chi connectivity index (χ3n) is 3.76. The fourth-order valence-corrected chi connectivity index (χ4v) is 3.02. The van der Waals surface area contributed by atoms with E-state index in [-0.39, 0.29) is 40.4 Å². The van der Waals surface area contributed by atoms with Crippen molar-refractivity contribution in [3.8, 4) is 0 Å². The quantitative estimate of drug-likeness (QED) is 0.263. The van der Waals surface area contributed by atoms with Gasteiger partial charge in [0.1, 0.15) is 0 Å². The van der Waals surface area contributed by atoms with E-state index in [2.05, 4.69) is 15.5 Å². The minimum Gasteiger partial charge on any atom is -0.398 e. The van der Waals surface area contributed by atoms with Gasteiger partial charge in [-0.1, -0.05) is 6.07 Å². The van der Waals surface area contributed by atoms with Crippen LogP contribution in [0.5, 0.6) is 0 Å². The Morgan fingerprint density at radius 1 is 1.00 bits per heavy atom. The Kier molecular flexibility index (Phi) is 6.91. The normalized spacial score (nSPS) is 11.4. The van der Waals surface area contributed by atoms with Crippen molar-refractivity contribution in [2.75, 3.05) is 11.1 Å². The molecule has 1 amide bonds. The van der Waals surface area contributed by atoms with Gasteiger partial charge in [0.2, 0.25) is 5.91 Å². The van der Waals surface area contributed by atoms with Crippen LogP contribution in [0.4, 0.5) is 22.7 Å². The zero-order chi connectivity index (χ0) is 19.6. The monoisotopic (exact) mass is 407 g/mol. The van der Waals surface area contributed by atoms with Gasteiger partial charge in [-0.15, -0.1) is 5.11 Å². The summed E-state index contributed by atoms with van der Waals surface area (Å²) >= 11 is 0. The maximum absolute atomic E-state index is 11.4. The van der Waals surface area contributed by atoms with Crippen LogP contribution < -0.4 is 11.1 Å². The first-order valence-corrected chi connectivity index (χ1v) is 9.27. The van der Waals surface area contributed by atoms with Crippen LogP contribution in [0, 0.1) is 0 Å². The summed E-state index contributed by atoms with van der Waals surface area (Å²) in [7, 11) is -4.35. The molecule has 0 saturated carbocycles. The molecule has 28 heavy (non-hydrogen) atoms. The van der Waals surface area contributed by atoms with Crippen molar-refractivity contribution in [3.63, 3.8) is 0 Å². The minimum absolute atomic E-state index is 0. The second kappa shape index (κ2) is 8.80. The van der Waals surface area contributed by atoms with Gasteiger partial charge in [-0.05, 0) is 48.5 Å². The summed E-state index contributed by atoms with van der Waals surface area (Å²) in [6.07, 6.45) is 0. The first-order chi connectivity index (χ1) is 12.7. The number of hydrogen-bond acceptors (Lipinski definition) is 6. The maximum atomic E-state index is 11.4. The number of nitrogens with two attached hydrogens (primary N) is 1. The van der Waals surface area contributed by atoms with Crippen molar-refractivity contribution < 1.29 is 17.8 Å². The Balaban J connectivity index is 0.00000280. The molecule has 10 heteroatoms. The molecule has 139 valence electrons. The van der Waals surface area contributed by atoms with Crippen molar-refractivity contribution in [1.29, 1.82) is 0 Å². The maximum Gasteiger partial charge on any atom is 0.294 e. The number of nitrogens with zero attached hydrogens (tertiary/aromatic N) is 2. The van der Waals surface area contributed by atoms with Crippen LogP contribution >= 0.6 is 0 Å². The average Bonchev–Trinajstić information content (AvgIpc) is 2.61. The topological polar surface area (TPSA) is 134 Å². The van der Waals surface area contributed by atoms with E-state index in [4.69, 9.17) is 5.73 Å². The van der Waals surface area contributed by atoms with E-state index in [1.165, 1.54) is 25.1 Å². The molecule has 0 atom stereocenters. The van der Waals surface area contributed by atoms with Gasteiger partial charge in [-0.3, -0.25) is 9.35 Å². The van der Waals surface area contributed by atoms with Gasteiger partial charge in [-0.2, -0.15) is 13.5 Å². The van der Waals surface area contributed by atoms with Crippen molar-refractivity contribution in [1.82, 2.24) is 0 Å². The number of amides is 1. The molecule has 4 N–H and O–H groups in total. The average molecular weight is 407 g/mol. The number of fused-ring (bicyclic) bond motifs is 1. The molecule has 0 fully saturated rings. The van der Waals surface area contributed by atoms with Crippen LogP contribution in [0.3, 0.4) is 0 Å². The predicted molar refractivity (Wildman–Crippen MR) is 109 cm³/mol. The zero-order valence-corrected chi connectivity index (χ0v) is 18.1. The summed E-state index contributed by atoms with van der Waals surface area (Å²) in [5.41, 5.74) is 7.96. The number of azo groups is 1. The SMILES string of the molecule is CC(=O)Nc1ccc(N=Nc2ccc(N)c3ccc(S(=O)(=O)O)cc23)cc1.[Na]. The summed E-state index contributed by atoms with van der Waals surface area (Å²) in [4.78, 5) is 10.8. The number of rotatable bonds is 4. The van der Waals surface area contributed by atoms with Crippen LogP contribution in [0.25, 0.3) is 10.8 Å². The van der Waals surface area contributed by atoms with Crippen LogP contribution in [0.15, 0.2) is 69.7 Å². The first-order valence-electron chi connectivity index (χ1n) is 7.83. The first kappa shape index (κ1) is 22.0. The summed E-state index contributed by atoms with van der Waals surface area (Å²) in [6, 6.07) is 14.1. The second-order valence-electron chi connectivity index (χ2n) is 5.78. The Morgan fingerprint density at radius 2 is 1.68 bits per heavy atom. The standard InChI is InChI=1S/C18H16N4O4S.Na/c1-11(23)20-12-2-4-13(5-3-12)21-22-18-9-8-17(19)15-7-6-14(10-16(15)18)27(24,25)26;/h2-10H,19H2,1H3,(H,20,23)(H,24,25,26);. The number of benzene rings is 3. The molecule has 0 saturated heterocycles. The Hall–Kier alpha value is -2.30. The number of carbonyl (C=O) groups is 1. The molecule has 8 nitrogen and oxygen atoms in total. The van der Waals surface area contributed by atoms with E-state index < -0.39 is 10.1 Å². The Bertz CT molecular complexity index is 1160. The van der Waals surface area contributed by atoms with E-state index >= 15 is 0 Å². The van der Waals surface area contributed by atoms with Crippen molar-refractivity contribution in [2.45, 2.75) is 11.8 Å². The number of nitrogen functional groups attached to an aromatic ring is 1. The fraction of sp³-hybridized carbons (Fsp3) is 0.0556. The van der Waals surface area contributed by atoms with Gasteiger partial charge >= 0.3 is 0 Å². The molecule has 0 aliphatic rings.